The van der Waals surface area contributed by atoms with Gasteiger partial charge in [-0.3, -0.25) is 0 Å². The van der Waals surface area contributed by atoms with Crippen molar-refractivity contribution in [3.8, 4) is 17.2 Å². The van der Waals surface area contributed by atoms with Crippen LogP contribution in [0.2, 0.25) is 0 Å². The van der Waals surface area contributed by atoms with E-state index in [-0.39, 0.29) is 23.9 Å². The van der Waals surface area contributed by atoms with Gasteiger partial charge in [0.1, 0.15) is 48.8 Å². The third kappa shape index (κ3) is 6.50. The summed E-state index contributed by atoms with van der Waals surface area (Å²) in [7, 11) is 2.74. The maximum absolute atomic E-state index is 10.5. The van der Waals surface area contributed by atoms with Gasteiger partial charge < -0.3 is 69.3 Å². The molecule has 0 unspecified atom stereocenters. The molecule has 0 amide bonds. The fourth-order valence-electron chi connectivity index (χ4n) is 3.96. The second kappa shape index (κ2) is 13.1. The molecular formula is C23H34O14. The van der Waals surface area contributed by atoms with Crippen LogP contribution in [0.15, 0.2) is 18.2 Å². The average molecular weight is 535 g/mol. The van der Waals surface area contributed by atoms with Crippen LogP contribution in [0.1, 0.15) is 5.56 Å². The number of ether oxygens (including phenoxy) is 6. The molecule has 8 N–H and O–H groups in total. The lowest BCUT2D eigenvalue weighted by Crippen LogP contribution is -2.62. The summed E-state index contributed by atoms with van der Waals surface area (Å²) in [6.07, 6.45) is -12.5. The molecule has 2 aliphatic heterocycles. The molecule has 2 saturated heterocycles. The molecule has 10 atom stereocenters. The van der Waals surface area contributed by atoms with Crippen molar-refractivity contribution >= 4 is 6.08 Å². The first-order valence-corrected chi connectivity index (χ1v) is 11.5. The van der Waals surface area contributed by atoms with Gasteiger partial charge in [-0.05, 0) is 17.7 Å². The van der Waals surface area contributed by atoms with Crippen molar-refractivity contribution in [2.75, 3.05) is 34.0 Å². The number of benzene rings is 1. The van der Waals surface area contributed by atoms with E-state index in [1.807, 2.05) is 0 Å². The number of methoxy groups -OCH3 is 2. The van der Waals surface area contributed by atoms with Crippen LogP contribution in [0, 0.1) is 0 Å². The number of hydrogen-bond acceptors (Lipinski definition) is 14. The normalized spacial score (nSPS) is 36.5. The van der Waals surface area contributed by atoms with Crippen molar-refractivity contribution < 1.29 is 69.3 Å². The van der Waals surface area contributed by atoms with Crippen LogP contribution in [0.25, 0.3) is 6.08 Å². The molecule has 0 bridgehead atoms. The van der Waals surface area contributed by atoms with Gasteiger partial charge in [0, 0.05) is 0 Å². The molecule has 3 rings (SSSR count). The maximum atomic E-state index is 10.5. The molecule has 0 aromatic heterocycles. The Hall–Kier alpha value is -2.08. The molecule has 2 aliphatic rings. The zero-order valence-corrected chi connectivity index (χ0v) is 20.2. The van der Waals surface area contributed by atoms with Crippen molar-refractivity contribution in [3.05, 3.63) is 23.8 Å². The molecule has 210 valence electrons. The maximum Gasteiger partial charge on any atom is 0.229 e. The van der Waals surface area contributed by atoms with E-state index < -0.39 is 74.6 Å². The molecular weight excluding hydrogens is 500 g/mol. The first-order chi connectivity index (χ1) is 17.7. The third-order valence-electron chi connectivity index (χ3n) is 6.07. The Balaban J connectivity index is 1.76. The van der Waals surface area contributed by atoms with Crippen LogP contribution in [0.3, 0.4) is 0 Å². The zero-order valence-electron chi connectivity index (χ0n) is 20.2. The van der Waals surface area contributed by atoms with E-state index in [0.29, 0.717) is 5.56 Å². The molecule has 0 saturated carbocycles. The fourth-order valence-corrected chi connectivity index (χ4v) is 3.96. The highest BCUT2D eigenvalue weighted by atomic mass is 16.7. The highest BCUT2D eigenvalue weighted by Crippen LogP contribution is 2.41. The molecule has 1 aromatic carbocycles. The molecule has 0 spiro atoms. The van der Waals surface area contributed by atoms with Gasteiger partial charge in [0.25, 0.3) is 0 Å². The van der Waals surface area contributed by atoms with E-state index in [4.69, 9.17) is 33.5 Å². The summed E-state index contributed by atoms with van der Waals surface area (Å²) in [6, 6.07) is 3.15. The van der Waals surface area contributed by atoms with Crippen molar-refractivity contribution in [1.82, 2.24) is 0 Å². The predicted octanol–water partition coefficient (Wildman–Crippen LogP) is -3.29. The average Bonchev–Trinajstić information content (AvgIpc) is 2.91. The van der Waals surface area contributed by atoms with E-state index in [2.05, 4.69) is 0 Å². The Labute approximate surface area is 212 Å². The SMILES string of the molecule is COc1cc(C=CCO)cc(OC)c1O[C@@H]1O[C@H](CO[C@@H]2O[C@H](CO)[C@@H](O)[C@H](O)[C@H]2O)[C@@H](O)[C@H](O)[C@H]1O. The summed E-state index contributed by atoms with van der Waals surface area (Å²) in [6.45, 7) is -1.35. The molecule has 1 aromatic rings. The Morgan fingerprint density at radius 2 is 1.30 bits per heavy atom. The summed E-state index contributed by atoms with van der Waals surface area (Å²) >= 11 is 0. The Morgan fingerprint density at radius 3 is 1.84 bits per heavy atom. The lowest BCUT2D eigenvalue weighted by Gasteiger charge is -2.42. The van der Waals surface area contributed by atoms with Crippen LogP contribution in [0.4, 0.5) is 0 Å². The zero-order chi connectivity index (χ0) is 27.3. The van der Waals surface area contributed by atoms with Gasteiger partial charge in [0.05, 0.1) is 34.0 Å². The van der Waals surface area contributed by atoms with Gasteiger partial charge in [-0.25, -0.2) is 0 Å². The molecule has 14 nitrogen and oxygen atoms in total. The number of hydrogen-bond donors (Lipinski definition) is 8. The van der Waals surface area contributed by atoms with Gasteiger partial charge in [-0.2, -0.15) is 0 Å². The number of rotatable bonds is 10. The summed E-state index contributed by atoms with van der Waals surface area (Å²) in [5, 5.41) is 79.6. The third-order valence-corrected chi connectivity index (χ3v) is 6.07. The largest absolute Gasteiger partial charge is 0.493 e. The van der Waals surface area contributed by atoms with E-state index in [9.17, 15) is 35.7 Å². The van der Waals surface area contributed by atoms with Crippen molar-refractivity contribution in [3.63, 3.8) is 0 Å². The number of aliphatic hydroxyl groups is 8. The Morgan fingerprint density at radius 1 is 0.757 bits per heavy atom. The van der Waals surface area contributed by atoms with Gasteiger partial charge in [0.15, 0.2) is 17.8 Å². The molecule has 0 radical (unpaired) electrons. The van der Waals surface area contributed by atoms with E-state index >= 15 is 0 Å². The lowest BCUT2D eigenvalue weighted by atomic mass is 9.98. The molecule has 2 heterocycles. The molecule has 2 fully saturated rings. The summed E-state index contributed by atoms with van der Waals surface area (Å²) < 4.78 is 32.8. The number of aliphatic hydroxyl groups excluding tert-OH is 8. The highest BCUT2D eigenvalue weighted by Gasteiger charge is 2.48. The van der Waals surface area contributed by atoms with Gasteiger partial charge in [-0.1, -0.05) is 12.2 Å². The summed E-state index contributed by atoms with van der Waals surface area (Å²) in [5.41, 5.74) is 0.612. The van der Waals surface area contributed by atoms with Crippen LogP contribution in [-0.4, -0.2) is 136 Å². The minimum Gasteiger partial charge on any atom is -0.493 e. The second-order valence-corrected chi connectivity index (χ2v) is 8.50. The van der Waals surface area contributed by atoms with Gasteiger partial charge >= 0.3 is 0 Å². The van der Waals surface area contributed by atoms with Crippen molar-refractivity contribution in [2.45, 2.75) is 61.4 Å². The second-order valence-electron chi connectivity index (χ2n) is 8.50. The predicted molar refractivity (Wildman–Crippen MR) is 123 cm³/mol. The smallest absolute Gasteiger partial charge is 0.229 e. The Kier molecular flexibility index (Phi) is 10.5. The monoisotopic (exact) mass is 534 g/mol. The fraction of sp³-hybridized carbons (Fsp3) is 0.652. The minimum atomic E-state index is -1.73. The highest BCUT2D eigenvalue weighted by molar-refractivity contribution is 5.62. The molecule has 37 heavy (non-hydrogen) atoms. The van der Waals surface area contributed by atoms with Crippen LogP contribution >= 0.6 is 0 Å². The first kappa shape index (κ1) is 29.5. The Bertz CT molecular complexity index is 869. The minimum absolute atomic E-state index is 0.0207. The van der Waals surface area contributed by atoms with Crippen LogP contribution in [0.5, 0.6) is 17.2 Å². The summed E-state index contributed by atoms with van der Waals surface area (Å²) in [5.74, 6) is 0.386. The molecule has 14 heteroatoms. The van der Waals surface area contributed by atoms with Gasteiger partial charge in [-0.15, -0.1) is 0 Å². The van der Waals surface area contributed by atoms with E-state index in [1.165, 1.54) is 20.3 Å². The van der Waals surface area contributed by atoms with Crippen molar-refractivity contribution in [1.29, 1.82) is 0 Å². The summed E-state index contributed by atoms with van der Waals surface area (Å²) in [4.78, 5) is 0. The van der Waals surface area contributed by atoms with Crippen LogP contribution in [-0.2, 0) is 14.2 Å². The van der Waals surface area contributed by atoms with Crippen molar-refractivity contribution in [2.24, 2.45) is 0 Å². The van der Waals surface area contributed by atoms with E-state index in [0.717, 1.165) is 0 Å². The topological polar surface area (TPSA) is 217 Å². The van der Waals surface area contributed by atoms with E-state index in [1.54, 1.807) is 18.2 Å². The lowest BCUT2D eigenvalue weighted by molar-refractivity contribution is -0.323. The quantitative estimate of drug-likeness (QED) is 0.148. The first-order valence-electron chi connectivity index (χ1n) is 11.5. The standard InChI is InChI=1S/C23H34O14/c1-32-11-6-10(4-3-5-24)7-12(33-2)21(11)37-23-20(31)18(29)16(27)14(36-23)9-34-22-19(30)17(28)15(26)13(8-25)35-22/h3-4,6-7,13-20,22-31H,5,8-9H2,1-2H3/t13-,14-,15-,16-,17+,18+,19-,20-,22-,23+/m1/s1. The molecule has 0 aliphatic carbocycles. The van der Waals surface area contributed by atoms with Gasteiger partial charge in [0.2, 0.25) is 12.0 Å². The van der Waals surface area contributed by atoms with Crippen LogP contribution < -0.4 is 14.2 Å².